The van der Waals surface area contributed by atoms with E-state index >= 15 is 0 Å². The molecule has 0 radical (unpaired) electrons. The zero-order valence-electron chi connectivity index (χ0n) is 17.7. The van der Waals surface area contributed by atoms with Gasteiger partial charge in [0.2, 0.25) is 0 Å². The molecule has 0 saturated carbocycles. The number of nitrogens with one attached hydrogen (secondary N) is 1. The Labute approximate surface area is 187 Å². The van der Waals surface area contributed by atoms with Crippen molar-refractivity contribution < 1.29 is 4.74 Å². The van der Waals surface area contributed by atoms with Gasteiger partial charge in [-0.3, -0.25) is 0 Å². The van der Waals surface area contributed by atoms with Gasteiger partial charge in [-0.2, -0.15) is 0 Å². The summed E-state index contributed by atoms with van der Waals surface area (Å²) in [6, 6.07) is 12.9. The number of fused-ring (bicyclic) bond motifs is 2. The fourth-order valence-electron chi connectivity index (χ4n) is 5.28. The molecule has 1 atom stereocenters. The third kappa shape index (κ3) is 3.58. The van der Waals surface area contributed by atoms with Crippen LogP contribution in [0.15, 0.2) is 40.9 Å². The van der Waals surface area contributed by atoms with Gasteiger partial charge in [-0.05, 0) is 55.1 Å². The van der Waals surface area contributed by atoms with E-state index in [1.807, 2.05) is 12.1 Å². The van der Waals surface area contributed by atoms with Crippen molar-refractivity contribution in [1.82, 2.24) is 5.32 Å². The van der Waals surface area contributed by atoms with Crippen LogP contribution in [0, 0.1) is 5.41 Å². The first-order chi connectivity index (χ1) is 13.8. The van der Waals surface area contributed by atoms with Gasteiger partial charge in [0, 0.05) is 27.0 Å². The number of nitrogens with zero attached hydrogens (tertiary/aromatic N) is 1. The Bertz CT molecular complexity index is 902. The van der Waals surface area contributed by atoms with E-state index in [0.29, 0.717) is 0 Å². The number of ether oxygens (including phenoxy) is 1. The molecule has 1 fully saturated rings. The first kappa shape index (κ1) is 21.0. The first-order valence-corrected chi connectivity index (χ1v) is 11.5. The van der Waals surface area contributed by atoms with Crippen molar-refractivity contribution >= 4 is 33.2 Å². The Balaban J connectivity index is 2.02. The summed E-state index contributed by atoms with van der Waals surface area (Å²) < 4.78 is 7.03. The van der Waals surface area contributed by atoms with Crippen molar-refractivity contribution in [2.45, 2.75) is 45.1 Å². The Morgan fingerprint density at radius 3 is 2.48 bits per heavy atom. The normalized spacial score (nSPS) is 20.8. The molecule has 29 heavy (non-hydrogen) atoms. The van der Waals surface area contributed by atoms with E-state index in [-0.39, 0.29) is 16.9 Å². The lowest BCUT2D eigenvalue weighted by Crippen LogP contribution is -2.47. The second-order valence-corrected chi connectivity index (χ2v) is 10.8. The van der Waals surface area contributed by atoms with Crippen LogP contribution in [0.4, 0.5) is 5.69 Å². The summed E-state index contributed by atoms with van der Waals surface area (Å²) in [7, 11) is 1.76. The summed E-state index contributed by atoms with van der Waals surface area (Å²) in [5, 5.41) is 4.42. The molecule has 2 aliphatic heterocycles. The monoisotopic (exact) mass is 476 g/mol. The molecule has 1 saturated heterocycles. The number of methoxy groups -OCH3 is 1. The molecule has 0 aromatic heterocycles. The van der Waals surface area contributed by atoms with Crippen LogP contribution in [0.25, 0.3) is 0 Å². The highest BCUT2D eigenvalue weighted by atomic mass is 79.9. The predicted octanol–water partition coefficient (Wildman–Crippen LogP) is 6.34. The van der Waals surface area contributed by atoms with Gasteiger partial charge in [-0.25, -0.2) is 0 Å². The molecule has 5 heteroatoms. The Morgan fingerprint density at radius 1 is 1.17 bits per heavy atom. The predicted molar refractivity (Wildman–Crippen MR) is 125 cm³/mol. The largest absolute Gasteiger partial charge is 0.495 e. The van der Waals surface area contributed by atoms with Crippen LogP contribution in [-0.2, 0) is 5.41 Å². The van der Waals surface area contributed by atoms with Crippen LogP contribution < -0.4 is 15.0 Å². The van der Waals surface area contributed by atoms with E-state index in [4.69, 9.17) is 16.3 Å². The zero-order valence-corrected chi connectivity index (χ0v) is 20.0. The standard InChI is InChI=1S/C24H30BrClN2O/c1-23(2,3)15-28-21-19(29-4)10-9-18(26)20(21)24(11-13-27-14-12-24)22(28)16-7-5-6-8-17(16)25/h5-10,22,27H,11-15H2,1-4H3. The van der Waals surface area contributed by atoms with E-state index in [2.05, 4.69) is 71.2 Å². The van der Waals surface area contributed by atoms with Gasteiger partial charge in [0.1, 0.15) is 5.75 Å². The van der Waals surface area contributed by atoms with Crippen LogP contribution in [0.2, 0.25) is 5.02 Å². The Morgan fingerprint density at radius 2 is 1.86 bits per heavy atom. The van der Waals surface area contributed by atoms with Crippen LogP contribution in [-0.4, -0.2) is 26.7 Å². The summed E-state index contributed by atoms with van der Waals surface area (Å²) in [6.07, 6.45) is 2.11. The van der Waals surface area contributed by atoms with Crippen molar-refractivity contribution in [1.29, 1.82) is 0 Å². The van der Waals surface area contributed by atoms with E-state index in [1.54, 1.807) is 7.11 Å². The maximum absolute atomic E-state index is 6.94. The van der Waals surface area contributed by atoms with Crippen LogP contribution in [0.5, 0.6) is 5.75 Å². The van der Waals surface area contributed by atoms with Crippen molar-refractivity contribution in [2.24, 2.45) is 5.41 Å². The maximum atomic E-state index is 6.94. The average molecular weight is 478 g/mol. The van der Waals surface area contributed by atoms with Gasteiger partial charge in [-0.15, -0.1) is 0 Å². The third-order valence-corrected chi connectivity index (χ3v) is 7.31. The lowest BCUT2D eigenvalue weighted by Gasteiger charge is -2.44. The topological polar surface area (TPSA) is 24.5 Å². The zero-order chi connectivity index (χ0) is 20.8. The van der Waals surface area contributed by atoms with E-state index < -0.39 is 0 Å². The molecule has 0 amide bonds. The lowest BCUT2D eigenvalue weighted by atomic mass is 9.68. The molecule has 2 heterocycles. The summed E-state index contributed by atoms with van der Waals surface area (Å²) in [6.45, 7) is 9.82. The number of benzene rings is 2. The maximum Gasteiger partial charge on any atom is 0.142 e. The highest BCUT2D eigenvalue weighted by Gasteiger charge is 2.54. The smallest absolute Gasteiger partial charge is 0.142 e. The molecule has 2 aliphatic rings. The molecule has 4 rings (SSSR count). The Hall–Kier alpha value is -1.23. The van der Waals surface area contributed by atoms with E-state index in [0.717, 1.165) is 47.7 Å². The quantitative estimate of drug-likeness (QED) is 0.558. The molecule has 1 spiro atoms. The minimum atomic E-state index is -0.0403. The van der Waals surface area contributed by atoms with Crippen molar-refractivity contribution in [3.63, 3.8) is 0 Å². The molecule has 1 unspecified atom stereocenters. The number of rotatable bonds is 3. The summed E-state index contributed by atoms with van der Waals surface area (Å²) in [4.78, 5) is 2.57. The second-order valence-electron chi connectivity index (χ2n) is 9.49. The van der Waals surface area contributed by atoms with Crippen molar-refractivity contribution in [2.75, 3.05) is 31.6 Å². The van der Waals surface area contributed by atoms with Crippen molar-refractivity contribution in [3.8, 4) is 5.75 Å². The number of piperidine rings is 1. The molecule has 1 N–H and O–H groups in total. The fourth-order valence-corrected chi connectivity index (χ4v) is 6.12. The van der Waals surface area contributed by atoms with Gasteiger partial charge in [0.05, 0.1) is 18.8 Å². The highest BCUT2D eigenvalue weighted by molar-refractivity contribution is 9.10. The number of anilines is 1. The summed E-state index contributed by atoms with van der Waals surface area (Å²) in [5.74, 6) is 0.918. The van der Waals surface area contributed by atoms with Crippen LogP contribution in [0.1, 0.15) is 50.8 Å². The van der Waals surface area contributed by atoms with Gasteiger partial charge >= 0.3 is 0 Å². The molecular formula is C24H30BrClN2O. The number of hydrogen-bond acceptors (Lipinski definition) is 3. The molecular weight excluding hydrogens is 448 g/mol. The summed E-state index contributed by atoms with van der Waals surface area (Å²) in [5.41, 5.74) is 3.86. The van der Waals surface area contributed by atoms with Crippen LogP contribution in [0.3, 0.4) is 0 Å². The van der Waals surface area contributed by atoms with Gasteiger partial charge in [0.15, 0.2) is 0 Å². The Kier molecular flexibility index (Phi) is 5.65. The average Bonchev–Trinajstić information content (AvgIpc) is 2.92. The lowest BCUT2D eigenvalue weighted by molar-refractivity contribution is 0.255. The molecule has 0 aliphatic carbocycles. The minimum absolute atomic E-state index is 0.0403. The highest BCUT2D eigenvalue weighted by Crippen LogP contribution is 2.62. The van der Waals surface area contributed by atoms with E-state index in [1.165, 1.54) is 16.8 Å². The van der Waals surface area contributed by atoms with Gasteiger partial charge < -0.3 is 15.0 Å². The van der Waals surface area contributed by atoms with Gasteiger partial charge in [0.25, 0.3) is 0 Å². The summed E-state index contributed by atoms with van der Waals surface area (Å²) >= 11 is 10.8. The molecule has 156 valence electrons. The minimum Gasteiger partial charge on any atom is -0.495 e. The molecule has 3 nitrogen and oxygen atoms in total. The van der Waals surface area contributed by atoms with E-state index in [9.17, 15) is 0 Å². The second kappa shape index (κ2) is 7.79. The molecule has 2 aromatic rings. The fraction of sp³-hybridized carbons (Fsp3) is 0.500. The SMILES string of the molecule is COc1ccc(Cl)c2c1N(CC(C)(C)C)C(c1ccccc1Br)C21CCNCC1. The first-order valence-electron chi connectivity index (χ1n) is 10.4. The van der Waals surface area contributed by atoms with Crippen molar-refractivity contribution in [3.05, 3.63) is 57.0 Å². The number of hydrogen-bond donors (Lipinski definition) is 1. The van der Waals surface area contributed by atoms with Crippen LogP contribution >= 0.6 is 27.5 Å². The van der Waals surface area contributed by atoms with Gasteiger partial charge in [-0.1, -0.05) is 66.5 Å². The molecule has 0 bridgehead atoms. The number of halogens is 2. The third-order valence-electron chi connectivity index (χ3n) is 6.27. The molecule has 2 aromatic carbocycles.